The maximum Gasteiger partial charge on any atom is 0.317 e. The maximum atomic E-state index is 12.1. The number of aliphatic hydroxyl groups excluding tert-OH is 3. The van der Waals surface area contributed by atoms with Crippen LogP contribution >= 0.6 is 0 Å². The molecule has 0 amide bonds. The summed E-state index contributed by atoms with van der Waals surface area (Å²) in [6.45, 7) is 22.9. The first-order valence-electron chi connectivity index (χ1n) is 37.8. The van der Waals surface area contributed by atoms with Gasteiger partial charge in [-0.05, 0) is 127 Å². The summed E-state index contributed by atoms with van der Waals surface area (Å²) in [4.78, 5) is 141. The summed E-state index contributed by atoms with van der Waals surface area (Å²) in [5.74, 6) is 2.06. The summed E-state index contributed by atoms with van der Waals surface area (Å²) >= 11 is 0. The van der Waals surface area contributed by atoms with Crippen LogP contribution in [-0.2, 0) is 64.7 Å². The number of fused-ring (bicyclic) bond motifs is 7. The summed E-state index contributed by atoms with van der Waals surface area (Å²) in [6, 6.07) is 10.5. The number of aliphatic hydroxyl groups is 3. The highest BCUT2D eigenvalue weighted by Crippen LogP contribution is 2.35. The van der Waals surface area contributed by atoms with E-state index >= 15 is 0 Å². The summed E-state index contributed by atoms with van der Waals surface area (Å²) in [7, 11) is 0. The highest BCUT2D eigenvalue weighted by Gasteiger charge is 2.46. The lowest BCUT2D eigenvalue weighted by Gasteiger charge is -2.21. The van der Waals surface area contributed by atoms with Gasteiger partial charge in [0.15, 0.2) is 5.79 Å². The summed E-state index contributed by atoms with van der Waals surface area (Å²) in [6.07, 6.45) is 17.1. The number of hydrogen-bond acceptors (Lipinski definition) is 25. The predicted octanol–water partition coefficient (Wildman–Crippen LogP) is 2.84. The van der Waals surface area contributed by atoms with Crippen molar-refractivity contribution in [3.8, 4) is 0 Å². The molecule has 0 radical (unpaired) electrons. The minimum atomic E-state index is -0.937. The zero-order chi connectivity index (χ0) is 82.3. The van der Waals surface area contributed by atoms with E-state index in [0.717, 1.165) is 60.2 Å². The number of nitrogens with zero attached hydrogens (tertiary/aromatic N) is 6. The highest BCUT2D eigenvalue weighted by atomic mass is 16.8. The Morgan fingerprint density at radius 1 is 0.487 bits per heavy atom. The van der Waals surface area contributed by atoms with Crippen molar-refractivity contribution in [2.75, 3.05) is 59.2 Å². The van der Waals surface area contributed by atoms with E-state index < -0.39 is 17.9 Å². The van der Waals surface area contributed by atoms with Gasteiger partial charge in [-0.1, -0.05) is 49.4 Å². The molecule has 2 aliphatic rings. The van der Waals surface area contributed by atoms with Crippen LogP contribution in [0, 0.1) is 41.5 Å². The number of ether oxygens (including phenoxy) is 3. The fraction of sp³-hybridized carbons (Fsp3) is 0.416. The number of H-pyrrole nitrogens is 12. The fourth-order valence-electron chi connectivity index (χ4n) is 13.1. The third kappa shape index (κ3) is 23.6. The second-order valence-corrected chi connectivity index (χ2v) is 27.9. The molecule has 614 valence electrons. The number of hydrogen-bond donors (Lipinski definition) is 22. The Morgan fingerprint density at radius 3 is 1.23 bits per heavy atom. The zero-order valence-electron chi connectivity index (χ0n) is 65.6. The van der Waals surface area contributed by atoms with E-state index in [1.807, 2.05) is 44.6 Å². The van der Waals surface area contributed by atoms with Crippen LogP contribution in [0.5, 0.6) is 0 Å². The van der Waals surface area contributed by atoms with Gasteiger partial charge in [-0.2, -0.15) is 0 Å². The van der Waals surface area contributed by atoms with Crippen LogP contribution in [-0.4, -0.2) is 205 Å². The minimum absolute atomic E-state index is 0.0156. The molecular weight excluding hydrogens is 1490 g/mol. The Morgan fingerprint density at radius 2 is 0.852 bits per heavy atom. The van der Waals surface area contributed by atoms with Crippen molar-refractivity contribution in [2.24, 2.45) is 0 Å². The largest absolute Gasteiger partial charge is 0.480 e. The topological polar surface area (TPSA) is 567 Å². The van der Waals surface area contributed by atoms with Crippen molar-refractivity contribution >= 4 is 72.2 Å². The van der Waals surface area contributed by atoms with Crippen molar-refractivity contribution in [3.63, 3.8) is 0 Å². The van der Waals surface area contributed by atoms with E-state index in [2.05, 4.69) is 159 Å². The monoisotopic (exact) mass is 1590 g/mol. The van der Waals surface area contributed by atoms with E-state index in [0.29, 0.717) is 166 Å². The van der Waals surface area contributed by atoms with Gasteiger partial charge in [-0.3, -0.25) is 33.6 Å². The van der Waals surface area contributed by atoms with Crippen LogP contribution in [0.25, 0.3) is 66.2 Å². The molecule has 1 fully saturated rings. The number of carbonyl (C=O) groups is 1. The third-order valence-electron chi connectivity index (χ3n) is 18.2. The molecule has 0 spiro atoms. The van der Waals surface area contributed by atoms with Crippen LogP contribution in [0.2, 0.25) is 0 Å². The molecule has 0 saturated carbocycles. The standard InChI is InChI=1S/C17H20N4O.C16H20N4O3.C12H18N4O3.C11H16N4O3.C11H16N4O.C10H12N4O3/c1-12-20-16-15(17(22)21-12)14(11-19-16)10-18-9-5-8-13-6-3-2-4-7-13;1-8-19-14-12(15(21)20-8)9(7-18-14)6-17-10-4-5-11-13(10)23-16(2,3)22-11;1-8-15-11-10(12(18)16-8)9(7-14-11)6-13-2-4-19-5-3-17;1-6-14-10-9(11(18)15-6)7(3-13-10)2-12-4-8(17)5-16;1-3-4-12-5-8-6-13-10-9(8)11(16)15-7(2)14-10;1-5-13-9-8(10(17)14-5)6(3-12-9)2-11-4-7(15)16/h2-4,6-7,11,18H,5,8-10H2,1H3,(H2,19,20,21,22);4-5,7,10-11,13,17H,6H2,1-3H3,(H2,18,19,20,21);7,13,17H,2-6H2,1H3,(H2,14,15,16,18);3,8,12,16-17H,2,4-5H2,1H3,(H2,13,14,15,18);6,12H,3-5H2,1-2H3,(H2,13,14,15,16);3,11H,2,4H2,1H3,(H,15,16)(H2,12,13,14,17). The number of aliphatic carboxylic acids is 1. The number of aromatic amines is 12. The first kappa shape index (κ1) is 85.9. The van der Waals surface area contributed by atoms with E-state index in [1.54, 1.807) is 60.1 Å². The van der Waals surface area contributed by atoms with Gasteiger partial charge in [-0.25, -0.2) is 29.9 Å². The van der Waals surface area contributed by atoms with Crippen LogP contribution in [0.4, 0.5) is 0 Å². The Hall–Kier alpha value is -11.5. The SMILES string of the molecule is CCCNCc1c[nH]c2nc(C)[nH]c(=O)c12.Cc1nc2[nH]cc(CNC3C=CC4OC(C)(C)OC34)c2c(=O)[nH]1.Cc1nc2[nH]cc(CNCC(=O)O)c2c(=O)[nH]1.Cc1nc2[nH]cc(CNCC(O)CO)c2c(=O)[nH]1.Cc1nc2[nH]cc(CNCCCc3ccccc3)c2c(=O)[nH]1.Cc1nc2[nH]cc(CNCCOCCO)c2c(=O)[nH]1. The Kier molecular flexibility index (Phi) is 30.6. The number of aromatic nitrogens is 18. The van der Waals surface area contributed by atoms with Crippen molar-refractivity contribution in [3.05, 3.63) is 216 Å². The molecule has 0 bridgehead atoms. The molecule has 115 heavy (non-hydrogen) atoms. The lowest BCUT2D eigenvalue weighted by atomic mass is 10.1. The lowest BCUT2D eigenvalue weighted by Crippen LogP contribution is -2.39. The van der Waals surface area contributed by atoms with Crippen LogP contribution in [0.3, 0.4) is 0 Å². The van der Waals surface area contributed by atoms with Gasteiger partial charge in [-0.15, -0.1) is 0 Å². The molecule has 1 aromatic carbocycles. The summed E-state index contributed by atoms with van der Waals surface area (Å²) in [5.41, 5.74) is 9.34. The maximum absolute atomic E-state index is 12.1. The molecule has 12 aromatic heterocycles. The predicted molar refractivity (Wildman–Crippen MR) is 435 cm³/mol. The fourth-order valence-corrected chi connectivity index (χ4v) is 13.1. The van der Waals surface area contributed by atoms with Crippen molar-refractivity contribution in [2.45, 2.75) is 151 Å². The van der Waals surface area contributed by atoms with Crippen LogP contribution in [0.1, 0.15) is 108 Å². The second-order valence-electron chi connectivity index (χ2n) is 27.9. The Bertz CT molecular complexity index is 5780. The van der Waals surface area contributed by atoms with Crippen LogP contribution in [0.15, 0.2) is 108 Å². The number of carboxylic acid groups (broad SMARTS) is 1. The number of rotatable bonds is 29. The van der Waals surface area contributed by atoms with Gasteiger partial charge < -0.3 is 126 Å². The molecular formula is C77H102N24O14. The first-order chi connectivity index (χ1) is 55.3. The lowest BCUT2D eigenvalue weighted by molar-refractivity contribution is -0.145. The highest BCUT2D eigenvalue weighted by molar-refractivity contribution is 5.82. The van der Waals surface area contributed by atoms with Crippen molar-refractivity contribution in [1.82, 2.24) is 122 Å². The third-order valence-corrected chi connectivity index (χ3v) is 18.2. The number of benzene rings is 1. The first-order valence-corrected chi connectivity index (χ1v) is 37.8. The van der Waals surface area contributed by atoms with E-state index in [9.17, 15) is 38.7 Å². The minimum Gasteiger partial charge on any atom is -0.480 e. The number of nitrogens with one attached hydrogen (secondary N) is 18. The molecule has 22 N–H and O–H groups in total. The van der Waals surface area contributed by atoms with Gasteiger partial charge in [0, 0.05) is 89.5 Å². The van der Waals surface area contributed by atoms with E-state index in [1.165, 1.54) is 5.56 Å². The summed E-state index contributed by atoms with van der Waals surface area (Å²) < 4.78 is 16.9. The molecule has 38 nitrogen and oxygen atoms in total. The normalized spacial score (nSPS) is 14.9. The molecule has 1 aliphatic heterocycles. The quantitative estimate of drug-likeness (QED) is 0.0237. The Labute approximate surface area is 656 Å². The molecule has 13 aromatic rings. The molecule has 38 heteroatoms. The van der Waals surface area contributed by atoms with Gasteiger partial charge in [0.25, 0.3) is 33.4 Å². The molecule has 1 saturated heterocycles. The average molecular weight is 1590 g/mol. The number of aryl methyl sites for hydroxylation is 7. The van der Waals surface area contributed by atoms with Gasteiger partial charge >= 0.3 is 5.97 Å². The Balaban J connectivity index is 0.000000147. The van der Waals surface area contributed by atoms with Crippen molar-refractivity contribution < 1.29 is 39.4 Å². The number of carboxylic acids is 1. The van der Waals surface area contributed by atoms with Crippen LogP contribution < -0.4 is 65.3 Å². The molecule has 1 aliphatic carbocycles. The second kappa shape index (κ2) is 41.0. The molecule has 15 rings (SSSR count). The smallest absolute Gasteiger partial charge is 0.317 e. The molecule has 4 unspecified atom stereocenters. The van der Waals surface area contributed by atoms with E-state index in [4.69, 9.17) is 29.5 Å². The average Bonchev–Trinajstić information content (AvgIpc) is 1.65. The van der Waals surface area contributed by atoms with E-state index in [-0.39, 0.29) is 77.9 Å². The van der Waals surface area contributed by atoms with Gasteiger partial charge in [0.05, 0.1) is 77.4 Å². The summed E-state index contributed by atoms with van der Waals surface area (Å²) in [5, 5.41) is 57.4. The molecule has 13 heterocycles. The van der Waals surface area contributed by atoms with Gasteiger partial charge in [0.1, 0.15) is 81.0 Å². The zero-order valence-corrected chi connectivity index (χ0v) is 65.6. The van der Waals surface area contributed by atoms with Crippen molar-refractivity contribution in [1.29, 1.82) is 0 Å². The van der Waals surface area contributed by atoms with Gasteiger partial charge in [0.2, 0.25) is 0 Å². The molecule has 4 atom stereocenters.